The van der Waals surface area contributed by atoms with Crippen LogP contribution in [0.5, 0.6) is 0 Å². The van der Waals surface area contributed by atoms with Crippen LogP contribution < -0.4 is 0 Å². The Labute approximate surface area is 179 Å². The first-order chi connectivity index (χ1) is 14.8. The SMILES string of the molecule is Cc1nc2ccccc2n1Cc1nnc(SCc2ccccc2)n1-c1ccccc1. The van der Waals surface area contributed by atoms with Crippen LogP contribution in [-0.4, -0.2) is 24.3 Å². The molecule has 0 aliphatic carbocycles. The van der Waals surface area contributed by atoms with Gasteiger partial charge in [-0.1, -0.05) is 72.4 Å². The number of nitrogens with zero attached hydrogens (tertiary/aromatic N) is 5. The summed E-state index contributed by atoms with van der Waals surface area (Å²) in [5.41, 5.74) is 4.44. The van der Waals surface area contributed by atoms with Crippen LogP contribution in [0.1, 0.15) is 17.2 Å². The quantitative estimate of drug-likeness (QED) is 0.357. The van der Waals surface area contributed by atoms with Crippen LogP contribution in [0.25, 0.3) is 16.7 Å². The molecule has 0 aliphatic heterocycles. The monoisotopic (exact) mass is 411 g/mol. The highest BCUT2D eigenvalue weighted by Crippen LogP contribution is 2.26. The van der Waals surface area contributed by atoms with Crippen molar-refractivity contribution in [3.05, 3.63) is 102 Å². The largest absolute Gasteiger partial charge is 0.320 e. The minimum atomic E-state index is 0.611. The smallest absolute Gasteiger partial charge is 0.196 e. The third-order valence-corrected chi connectivity index (χ3v) is 6.07. The van der Waals surface area contributed by atoms with Gasteiger partial charge in [0.15, 0.2) is 11.0 Å². The minimum Gasteiger partial charge on any atom is -0.320 e. The summed E-state index contributed by atoms with van der Waals surface area (Å²) in [7, 11) is 0. The van der Waals surface area contributed by atoms with E-state index in [9.17, 15) is 0 Å². The standard InChI is InChI=1S/C24H21N5S/c1-18-25-21-14-8-9-15-22(21)28(18)16-23-26-27-24(29(23)20-12-6-3-7-13-20)30-17-19-10-4-2-5-11-19/h2-15H,16-17H2,1H3. The lowest BCUT2D eigenvalue weighted by Gasteiger charge is -2.12. The van der Waals surface area contributed by atoms with Crippen LogP contribution in [0.2, 0.25) is 0 Å². The van der Waals surface area contributed by atoms with Gasteiger partial charge in [0.2, 0.25) is 0 Å². The molecule has 5 nitrogen and oxygen atoms in total. The van der Waals surface area contributed by atoms with Crippen LogP contribution >= 0.6 is 11.8 Å². The van der Waals surface area contributed by atoms with Crippen molar-refractivity contribution < 1.29 is 0 Å². The molecule has 0 aliphatic rings. The fraction of sp³-hybridized carbons (Fsp3) is 0.125. The molecule has 2 aromatic heterocycles. The number of aromatic nitrogens is 5. The molecule has 0 spiro atoms. The lowest BCUT2D eigenvalue weighted by molar-refractivity contribution is 0.711. The van der Waals surface area contributed by atoms with E-state index < -0.39 is 0 Å². The molecule has 2 heterocycles. The Bertz CT molecular complexity index is 1280. The molecule has 0 radical (unpaired) electrons. The Balaban J connectivity index is 1.53. The first-order valence-corrected chi connectivity index (χ1v) is 10.9. The molecular weight excluding hydrogens is 390 g/mol. The van der Waals surface area contributed by atoms with E-state index >= 15 is 0 Å². The molecule has 0 unspecified atom stereocenters. The molecule has 0 bridgehead atoms. The molecule has 3 aromatic carbocycles. The number of benzene rings is 3. The van der Waals surface area contributed by atoms with E-state index in [0.29, 0.717) is 6.54 Å². The minimum absolute atomic E-state index is 0.611. The van der Waals surface area contributed by atoms with E-state index in [4.69, 9.17) is 4.98 Å². The van der Waals surface area contributed by atoms with Crippen molar-refractivity contribution in [2.75, 3.05) is 0 Å². The van der Waals surface area contributed by atoms with Crippen molar-refractivity contribution >= 4 is 22.8 Å². The number of thioether (sulfide) groups is 1. The van der Waals surface area contributed by atoms with E-state index in [1.165, 1.54) is 5.56 Å². The molecule has 0 fully saturated rings. The van der Waals surface area contributed by atoms with E-state index in [1.54, 1.807) is 11.8 Å². The van der Waals surface area contributed by atoms with Crippen molar-refractivity contribution in [2.24, 2.45) is 0 Å². The van der Waals surface area contributed by atoms with Gasteiger partial charge in [0.1, 0.15) is 5.82 Å². The number of para-hydroxylation sites is 3. The van der Waals surface area contributed by atoms with Gasteiger partial charge in [-0.05, 0) is 36.8 Å². The average molecular weight is 412 g/mol. The Morgan fingerprint density at radius 1 is 0.800 bits per heavy atom. The number of hydrogen-bond donors (Lipinski definition) is 0. The van der Waals surface area contributed by atoms with Crippen molar-refractivity contribution in [1.29, 1.82) is 0 Å². The summed E-state index contributed by atoms with van der Waals surface area (Å²) < 4.78 is 4.35. The fourth-order valence-electron chi connectivity index (χ4n) is 3.59. The summed E-state index contributed by atoms with van der Waals surface area (Å²) >= 11 is 1.70. The Morgan fingerprint density at radius 3 is 2.30 bits per heavy atom. The predicted octanol–water partition coefficient (Wildman–Crippen LogP) is 5.27. The maximum absolute atomic E-state index is 4.69. The predicted molar refractivity (Wildman–Crippen MR) is 121 cm³/mol. The number of aryl methyl sites for hydroxylation is 1. The highest BCUT2D eigenvalue weighted by molar-refractivity contribution is 7.98. The zero-order valence-electron chi connectivity index (χ0n) is 16.6. The zero-order valence-corrected chi connectivity index (χ0v) is 17.5. The van der Waals surface area contributed by atoms with Crippen LogP contribution in [0, 0.1) is 6.92 Å². The molecule has 5 aromatic rings. The van der Waals surface area contributed by atoms with Crippen molar-refractivity contribution in [3.8, 4) is 5.69 Å². The summed E-state index contributed by atoms with van der Waals surface area (Å²) in [4.78, 5) is 4.69. The maximum atomic E-state index is 4.69. The number of fused-ring (bicyclic) bond motifs is 1. The molecule has 148 valence electrons. The van der Waals surface area contributed by atoms with Gasteiger partial charge in [-0.15, -0.1) is 10.2 Å². The summed E-state index contributed by atoms with van der Waals surface area (Å²) in [5.74, 6) is 2.71. The van der Waals surface area contributed by atoms with Gasteiger partial charge in [-0.2, -0.15) is 0 Å². The Hall–Kier alpha value is -3.38. The second-order valence-electron chi connectivity index (χ2n) is 7.08. The van der Waals surface area contributed by atoms with Crippen LogP contribution in [0.3, 0.4) is 0 Å². The van der Waals surface area contributed by atoms with E-state index in [0.717, 1.165) is 39.3 Å². The summed E-state index contributed by atoms with van der Waals surface area (Å²) in [5, 5.41) is 10.0. The molecule has 5 rings (SSSR count). The van der Waals surface area contributed by atoms with Crippen LogP contribution in [-0.2, 0) is 12.3 Å². The third kappa shape index (κ3) is 3.62. The molecule has 0 saturated heterocycles. The molecule has 0 amide bonds. The van der Waals surface area contributed by atoms with Crippen LogP contribution in [0.15, 0.2) is 90.1 Å². The zero-order chi connectivity index (χ0) is 20.3. The topological polar surface area (TPSA) is 48.5 Å². The van der Waals surface area contributed by atoms with E-state index in [-0.39, 0.29) is 0 Å². The highest BCUT2D eigenvalue weighted by Gasteiger charge is 2.17. The van der Waals surface area contributed by atoms with Gasteiger partial charge in [0.05, 0.1) is 17.6 Å². The van der Waals surface area contributed by atoms with E-state index in [2.05, 4.69) is 61.8 Å². The third-order valence-electron chi connectivity index (χ3n) is 5.07. The first-order valence-electron chi connectivity index (χ1n) is 9.88. The Kier molecular flexibility index (Phi) is 5.07. The van der Waals surface area contributed by atoms with Crippen LogP contribution in [0.4, 0.5) is 0 Å². The van der Waals surface area contributed by atoms with Gasteiger partial charge in [0, 0.05) is 11.4 Å². The molecule has 0 atom stereocenters. The summed E-state index contributed by atoms with van der Waals surface area (Å²) in [6.45, 7) is 2.65. The summed E-state index contributed by atoms with van der Waals surface area (Å²) in [6.07, 6.45) is 0. The lowest BCUT2D eigenvalue weighted by atomic mass is 10.2. The molecule has 0 saturated carbocycles. The van der Waals surface area contributed by atoms with Crippen molar-refractivity contribution in [2.45, 2.75) is 24.4 Å². The van der Waals surface area contributed by atoms with Gasteiger partial charge in [0.25, 0.3) is 0 Å². The molecular formula is C24H21N5S. The number of hydrogen-bond acceptors (Lipinski definition) is 4. The van der Waals surface area contributed by atoms with Crippen molar-refractivity contribution in [1.82, 2.24) is 24.3 Å². The van der Waals surface area contributed by atoms with Gasteiger partial charge in [-0.3, -0.25) is 4.57 Å². The average Bonchev–Trinajstić information content (AvgIpc) is 3.34. The number of imidazole rings is 1. The number of rotatable bonds is 6. The van der Waals surface area contributed by atoms with Gasteiger partial charge >= 0.3 is 0 Å². The molecule has 6 heteroatoms. The van der Waals surface area contributed by atoms with Gasteiger partial charge in [-0.25, -0.2) is 4.98 Å². The lowest BCUT2D eigenvalue weighted by Crippen LogP contribution is -2.09. The highest BCUT2D eigenvalue weighted by atomic mass is 32.2. The Morgan fingerprint density at radius 2 is 1.50 bits per heavy atom. The van der Waals surface area contributed by atoms with E-state index in [1.807, 2.05) is 49.4 Å². The first kappa shape index (κ1) is 18.6. The maximum Gasteiger partial charge on any atom is 0.196 e. The second-order valence-corrected chi connectivity index (χ2v) is 8.02. The normalized spacial score (nSPS) is 11.2. The van der Waals surface area contributed by atoms with Crippen molar-refractivity contribution in [3.63, 3.8) is 0 Å². The summed E-state index contributed by atoms with van der Waals surface area (Å²) in [6, 6.07) is 29.0. The molecule has 30 heavy (non-hydrogen) atoms. The molecule has 0 N–H and O–H groups in total. The second kappa shape index (κ2) is 8.16. The fourth-order valence-corrected chi connectivity index (χ4v) is 4.52. The van der Waals surface area contributed by atoms with Gasteiger partial charge < -0.3 is 4.57 Å².